The molecule has 0 unspecified atom stereocenters. The van der Waals surface area contributed by atoms with E-state index in [0.717, 1.165) is 16.0 Å². The predicted octanol–water partition coefficient (Wildman–Crippen LogP) is 2.01. The van der Waals surface area contributed by atoms with Crippen molar-refractivity contribution in [1.29, 1.82) is 0 Å². The van der Waals surface area contributed by atoms with E-state index >= 15 is 0 Å². The molecule has 0 aliphatic rings. The average molecular weight is 233 g/mol. The summed E-state index contributed by atoms with van der Waals surface area (Å²) in [5, 5.41) is 10.9. The molecule has 0 bridgehead atoms. The summed E-state index contributed by atoms with van der Waals surface area (Å²) in [6.07, 6.45) is 0. The van der Waals surface area contributed by atoms with Gasteiger partial charge in [0, 0.05) is 4.88 Å². The Kier molecular flexibility index (Phi) is 3.03. The summed E-state index contributed by atoms with van der Waals surface area (Å²) in [6, 6.07) is 9.16. The first kappa shape index (κ1) is 10.9. The van der Waals surface area contributed by atoms with E-state index < -0.39 is 5.91 Å². The van der Waals surface area contributed by atoms with Crippen LogP contribution in [0.4, 0.5) is 0 Å². The Labute approximate surface area is 97.2 Å². The topological polar surface area (TPSA) is 63.3 Å². The number of carbonyl (C=O) groups is 1. The Morgan fingerprint density at radius 1 is 1.38 bits per heavy atom. The molecule has 1 aromatic heterocycles. The molecule has 4 heteroatoms. The first-order valence-corrected chi connectivity index (χ1v) is 5.68. The molecule has 82 valence electrons. The van der Waals surface area contributed by atoms with Crippen molar-refractivity contribution in [3.63, 3.8) is 0 Å². The van der Waals surface area contributed by atoms with Gasteiger partial charge in [0.2, 0.25) is 5.91 Å². The minimum atomic E-state index is -0.425. The molecular weight excluding hydrogens is 222 g/mol. The van der Waals surface area contributed by atoms with Gasteiger partial charge >= 0.3 is 0 Å². The van der Waals surface area contributed by atoms with Crippen molar-refractivity contribution in [1.82, 2.24) is 0 Å². The Morgan fingerprint density at radius 3 is 2.88 bits per heavy atom. The lowest BCUT2D eigenvalue weighted by molar-refractivity contribution is 0.100. The Hall–Kier alpha value is -1.65. The molecule has 3 nitrogen and oxygen atoms in total. The quantitative estimate of drug-likeness (QED) is 0.851. The van der Waals surface area contributed by atoms with Crippen LogP contribution in [-0.2, 0) is 6.61 Å². The van der Waals surface area contributed by atoms with E-state index in [9.17, 15) is 4.79 Å². The summed E-state index contributed by atoms with van der Waals surface area (Å²) in [6.45, 7) is -0.00881. The third-order valence-corrected chi connectivity index (χ3v) is 3.27. The van der Waals surface area contributed by atoms with Gasteiger partial charge < -0.3 is 10.8 Å². The zero-order valence-electron chi connectivity index (χ0n) is 8.51. The number of amides is 1. The zero-order valence-corrected chi connectivity index (χ0v) is 9.33. The van der Waals surface area contributed by atoms with Crippen molar-refractivity contribution < 1.29 is 9.90 Å². The second-order valence-electron chi connectivity index (χ2n) is 3.39. The molecule has 3 N–H and O–H groups in total. The monoisotopic (exact) mass is 233 g/mol. The number of aliphatic hydroxyl groups is 1. The molecule has 0 aliphatic heterocycles. The molecule has 1 heterocycles. The smallest absolute Gasteiger partial charge is 0.250 e. The zero-order chi connectivity index (χ0) is 11.5. The second-order valence-corrected chi connectivity index (χ2v) is 4.30. The lowest BCUT2D eigenvalue weighted by atomic mass is 10.1. The van der Waals surface area contributed by atoms with Gasteiger partial charge in [0.1, 0.15) is 0 Å². The summed E-state index contributed by atoms with van der Waals surface area (Å²) in [4.78, 5) is 12.0. The summed E-state index contributed by atoms with van der Waals surface area (Å²) in [7, 11) is 0. The number of rotatable bonds is 3. The van der Waals surface area contributed by atoms with Gasteiger partial charge in [-0.2, -0.15) is 0 Å². The van der Waals surface area contributed by atoms with Crippen molar-refractivity contribution in [2.45, 2.75) is 6.61 Å². The van der Waals surface area contributed by atoms with E-state index in [2.05, 4.69) is 0 Å². The van der Waals surface area contributed by atoms with E-state index in [1.54, 1.807) is 6.07 Å². The fourth-order valence-electron chi connectivity index (χ4n) is 1.54. The maximum Gasteiger partial charge on any atom is 0.250 e. The SMILES string of the molecule is NC(=O)c1ccsc1-c1cccc(CO)c1. The molecule has 0 radical (unpaired) electrons. The molecule has 0 saturated heterocycles. The molecule has 0 spiro atoms. The van der Waals surface area contributed by atoms with Crippen molar-refractivity contribution in [2.24, 2.45) is 5.73 Å². The van der Waals surface area contributed by atoms with Crippen molar-refractivity contribution in [3.8, 4) is 10.4 Å². The minimum absolute atomic E-state index is 0.00881. The van der Waals surface area contributed by atoms with Crippen LogP contribution in [0.2, 0.25) is 0 Å². The highest BCUT2D eigenvalue weighted by Crippen LogP contribution is 2.29. The first-order valence-electron chi connectivity index (χ1n) is 4.80. The summed E-state index contributed by atoms with van der Waals surface area (Å²) in [5.41, 5.74) is 7.55. The van der Waals surface area contributed by atoms with Crippen molar-refractivity contribution >= 4 is 17.2 Å². The van der Waals surface area contributed by atoms with Crippen LogP contribution in [0.5, 0.6) is 0 Å². The number of thiophene rings is 1. The Bertz CT molecular complexity index is 519. The molecule has 2 aromatic rings. The molecule has 1 aromatic carbocycles. The van der Waals surface area contributed by atoms with Crippen molar-refractivity contribution in [2.75, 3.05) is 0 Å². The van der Waals surface area contributed by atoms with Gasteiger partial charge in [0.05, 0.1) is 12.2 Å². The van der Waals surface area contributed by atoms with Crippen LogP contribution >= 0.6 is 11.3 Å². The van der Waals surface area contributed by atoms with E-state index in [1.807, 2.05) is 29.6 Å². The second kappa shape index (κ2) is 4.47. The molecule has 2 rings (SSSR count). The van der Waals surface area contributed by atoms with Gasteiger partial charge in [-0.25, -0.2) is 0 Å². The first-order chi connectivity index (χ1) is 7.72. The number of hydrogen-bond donors (Lipinski definition) is 2. The highest BCUT2D eigenvalue weighted by molar-refractivity contribution is 7.14. The number of primary amides is 1. The number of aliphatic hydroxyl groups excluding tert-OH is 1. The number of nitrogens with two attached hydrogens (primary N) is 1. The molecular formula is C12H11NO2S. The van der Waals surface area contributed by atoms with Gasteiger partial charge in [0.25, 0.3) is 0 Å². The lowest BCUT2D eigenvalue weighted by Gasteiger charge is -2.03. The fraction of sp³-hybridized carbons (Fsp3) is 0.0833. The third-order valence-electron chi connectivity index (χ3n) is 2.30. The van der Waals surface area contributed by atoms with E-state index in [0.29, 0.717) is 5.56 Å². The van der Waals surface area contributed by atoms with Crippen LogP contribution in [0.15, 0.2) is 35.7 Å². The summed E-state index contributed by atoms with van der Waals surface area (Å²) in [5.74, 6) is -0.425. The Morgan fingerprint density at radius 2 is 2.19 bits per heavy atom. The highest BCUT2D eigenvalue weighted by atomic mass is 32.1. The van der Waals surface area contributed by atoms with Crippen molar-refractivity contribution in [3.05, 3.63) is 46.8 Å². The van der Waals surface area contributed by atoms with Gasteiger partial charge in [0.15, 0.2) is 0 Å². The molecule has 1 amide bonds. The number of benzene rings is 1. The third kappa shape index (κ3) is 1.98. The van der Waals surface area contributed by atoms with Gasteiger partial charge in [-0.15, -0.1) is 11.3 Å². The molecule has 0 atom stereocenters. The van der Waals surface area contributed by atoms with E-state index in [4.69, 9.17) is 10.8 Å². The average Bonchev–Trinajstić information content (AvgIpc) is 2.78. The standard InChI is InChI=1S/C12H11NO2S/c13-12(15)10-4-5-16-11(10)9-3-1-2-8(6-9)7-14/h1-6,14H,7H2,(H2,13,15). The number of hydrogen-bond acceptors (Lipinski definition) is 3. The maximum atomic E-state index is 11.2. The largest absolute Gasteiger partial charge is 0.392 e. The van der Waals surface area contributed by atoms with Gasteiger partial charge in [-0.05, 0) is 28.6 Å². The minimum Gasteiger partial charge on any atom is -0.392 e. The van der Waals surface area contributed by atoms with Crippen LogP contribution in [0.25, 0.3) is 10.4 Å². The van der Waals surface area contributed by atoms with Crippen LogP contribution in [0.1, 0.15) is 15.9 Å². The van der Waals surface area contributed by atoms with Crippen LogP contribution in [-0.4, -0.2) is 11.0 Å². The number of carbonyl (C=O) groups excluding carboxylic acids is 1. The van der Waals surface area contributed by atoms with E-state index in [-0.39, 0.29) is 6.61 Å². The Balaban J connectivity index is 2.50. The van der Waals surface area contributed by atoms with Gasteiger partial charge in [-0.1, -0.05) is 18.2 Å². The van der Waals surface area contributed by atoms with Crippen LogP contribution < -0.4 is 5.73 Å². The van der Waals surface area contributed by atoms with Crippen LogP contribution in [0.3, 0.4) is 0 Å². The fourth-order valence-corrected chi connectivity index (χ4v) is 2.44. The summed E-state index contributed by atoms with van der Waals surface area (Å²) < 4.78 is 0. The normalized spacial score (nSPS) is 10.3. The molecule has 0 aliphatic carbocycles. The van der Waals surface area contributed by atoms with E-state index in [1.165, 1.54) is 11.3 Å². The lowest BCUT2D eigenvalue weighted by Crippen LogP contribution is -2.10. The summed E-state index contributed by atoms with van der Waals surface area (Å²) >= 11 is 1.47. The molecule has 0 saturated carbocycles. The van der Waals surface area contributed by atoms with Gasteiger partial charge in [-0.3, -0.25) is 4.79 Å². The molecule has 16 heavy (non-hydrogen) atoms. The molecule has 0 fully saturated rings. The maximum absolute atomic E-state index is 11.2. The predicted molar refractivity (Wildman–Crippen MR) is 64.2 cm³/mol. The highest BCUT2D eigenvalue weighted by Gasteiger charge is 2.11. The van der Waals surface area contributed by atoms with Crippen LogP contribution in [0, 0.1) is 0 Å².